The van der Waals surface area contributed by atoms with Crippen LogP contribution in [-0.4, -0.2) is 48.2 Å². The van der Waals surface area contributed by atoms with E-state index in [4.69, 9.17) is 0 Å². The minimum absolute atomic E-state index is 0.0782. The number of nitrogens with zero attached hydrogens (tertiary/aromatic N) is 1. The third-order valence-corrected chi connectivity index (χ3v) is 7.76. The van der Waals surface area contributed by atoms with Crippen molar-refractivity contribution in [2.75, 3.05) is 25.0 Å². The first-order valence-corrected chi connectivity index (χ1v) is 13.5. The molecule has 4 rings (SSSR count). The lowest BCUT2D eigenvalue weighted by Gasteiger charge is -2.39. The first kappa shape index (κ1) is 27.0. The van der Waals surface area contributed by atoms with Gasteiger partial charge in [-0.25, -0.2) is 9.18 Å². The van der Waals surface area contributed by atoms with Crippen molar-refractivity contribution in [2.24, 2.45) is 11.8 Å². The number of carbonyl (C=O) groups is 3. The molecule has 2 aliphatic rings. The Hall–Kier alpha value is -3.06. The van der Waals surface area contributed by atoms with Gasteiger partial charge in [-0.1, -0.05) is 25.0 Å². The monoisotopic (exact) mass is 507 g/mol. The van der Waals surface area contributed by atoms with Crippen molar-refractivity contribution in [3.05, 3.63) is 65.0 Å². The van der Waals surface area contributed by atoms with Gasteiger partial charge in [0.1, 0.15) is 5.82 Å². The molecule has 2 N–H and O–H groups in total. The first-order valence-electron chi connectivity index (χ1n) is 13.5. The highest BCUT2D eigenvalue weighted by Gasteiger charge is 2.30. The second-order valence-electron chi connectivity index (χ2n) is 10.8. The summed E-state index contributed by atoms with van der Waals surface area (Å²) in [6.45, 7) is 5.94. The fraction of sp³-hybridized carbons (Fsp3) is 0.500. The van der Waals surface area contributed by atoms with E-state index in [1.807, 2.05) is 12.1 Å². The number of piperidine rings is 1. The Morgan fingerprint density at radius 1 is 0.919 bits per heavy atom. The van der Waals surface area contributed by atoms with Crippen LogP contribution in [0.25, 0.3) is 0 Å². The van der Waals surface area contributed by atoms with Crippen LogP contribution < -0.4 is 10.6 Å². The topological polar surface area (TPSA) is 78.5 Å². The van der Waals surface area contributed by atoms with E-state index >= 15 is 0 Å². The number of anilines is 1. The van der Waals surface area contributed by atoms with Gasteiger partial charge in [-0.2, -0.15) is 0 Å². The second kappa shape index (κ2) is 12.5. The third-order valence-electron chi connectivity index (χ3n) is 7.76. The zero-order valence-electron chi connectivity index (χ0n) is 21.9. The molecular weight excluding hydrogens is 469 g/mol. The molecule has 2 amide bonds. The Balaban J connectivity index is 1.35. The van der Waals surface area contributed by atoms with Crippen LogP contribution in [0.5, 0.6) is 0 Å². The molecule has 198 valence electrons. The molecule has 0 radical (unpaired) electrons. The molecule has 0 unspecified atom stereocenters. The summed E-state index contributed by atoms with van der Waals surface area (Å²) in [6, 6.07) is 11.4. The van der Waals surface area contributed by atoms with E-state index in [9.17, 15) is 18.8 Å². The zero-order valence-corrected chi connectivity index (χ0v) is 21.9. The van der Waals surface area contributed by atoms with Gasteiger partial charge in [0.2, 0.25) is 0 Å². The van der Waals surface area contributed by atoms with E-state index in [0.29, 0.717) is 28.7 Å². The summed E-state index contributed by atoms with van der Waals surface area (Å²) < 4.78 is 13.3. The molecular formula is C30H38FN3O3. The minimum atomic E-state index is -0.306. The lowest BCUT2D eigenvalue weighted by atomic mass is 9.83. The van der Waals surface area contributed by atoms with Crippen LogP contribution >= 0.6 is 0 Å². The fourth-order valence-corrected chi connectivity index (χ4v) is 5.83. The van der Waals surface area contributed by atoms with Crippen molar-refractivity contribution in [3.63, 3.8) is 0 Å². The average molecular weight is 508 g/mol. The third kappa shape index (κ3) is 7.71. The van der Waals surface area contributed by atoms with Crippen molar-refractivity contribution in [1.82, 2.24) is 10.2 Å². The number of hydrogen-bond donors (Lipinski definition) is 2. The number of hydrogen-bond acceptors (Lipinski definition) is 4. The number of benzene rings is 2. The summed E-state index contributed by atoms with van der Waals surface area (Å²) in [5, 5.41) is 6.03. The highest BCUT2D eigenvalue weighted by molar-refractivity contribution is 6.02. The standard InChI is InChI=1S/C30H38FN3O3/c1-20(35)25-15-26(21(2)36)17-28(16-25)32-30(37)33-29-8-4-3-7-24(29)19-34-13-5-6-23(18-34)14-22-9-11-27(31)12-10-22/h9-12,15-17,23-24,29H,3-8,13-14,18-19H2,1-2H3,(H2,32,33,37)/t23-,24-,29+/m0/s1. The van der Waals surface area contributed by atoms with Crippen LogP contribution in [0.3, 0.4) is 0 Å². The van der Waals surface area contributed by atoms with Crippen LogP contribution in [0.2, 0.25) is 0 Å². The summed E-state index contributed by atoms with van der Waals surface area (Å²) >= 11 is 0. The molecule has 3 atom stereocenters. The number of rotatable bonds is 8. The van der Waals surface area contributed by atoms with Crippen molar-refractivity contribution in [3.8, 4) is 0 Å². The largest absolute Gasteiger partial charge is 0.335 e. The van der Waals surface area contributed by atoms with Crippen molar-refractivity contribution >= 4 is 23.3 Å². The average Bonchev–Trinajstić information content (AvgIpc) is 2.86. The van der Waals surface area contributed by atoms with Crippen LogP contribution in [-0.2, 0) is 6.42 Å². The minimum Gasteiger partial charge on any atom is -0.335 e. The lowest BCUT2D eigenvalue weighted by molar-refractivity contribution is 0.101. The van der Waals surface area contributed by atoms with Gasteiger partial charge in [0.25, 0.3) is 0 Å². The molecule has 2 fully saturated rings. The molecule has 0 spiro atoms. The van der Waals surface area contributed by atoms with Crippen molar-refractivity contribution in [2.45, 2.75) is 64.8 Å². The number of nitrogens with one attached hydrogen (secondary N) is 2. The smallest absolute Gasteiger partial charge is 0.319 e. The summed E-state index contributed by atoms with van der Waals surface area (Å²) in [7, 11) is 0. The Kier molecular flexibility index (Phi) is 9.09. The van der Waals surface area contributed by atoms with E-state index in [-0.39, 0.29) is 29.5 Å². The fourth-order valence-electron chi connectivity index (χ4n) is 5.83. The van der Waals surface area contributed by atoms with E-state index < -0.39 is 0 Å². The van der Waals surface area contributed by atoms with Gasteiger partial charge in [0, 0.05) is 35.9 Å². The number of likely N-dealkylation sites (tertiary alicyclic amines) is 1. The predicted octanol–water partition coefficient (Wildman–Crippen LogP) is 5.87. The van der Waals surface area contributed by atoms with Gasteiger partial charge >= 0.3 is 6.03 Å². The number of amides is 2. The molecule has 37 heavy (non-hydrogen) atoms. The van der Waals surface area contributed by atoms with Gasteiger partial charge in [-0.3, -0.25) is 9.59 Å². The number of ketones is 2. The Morgan fingerprint density at radius 2 is 1.59 bits per heavy atom. The predicted molar refractivity (Wildman–Crippen MR) is 144 cm³/mol. The molecule has 0 aromatic heterocycles. The molecule has 6 nitrogen and oxygen atoms in total. The van der Waals surface area contributed by atoms with Crippen LogP contribution in [0.15, 0.2) is 42.5 Å². The molecule has 1 saturated carbocycles. The van der Waals surface area contributed by atoms with Gasteiger partial charge in [0.15, 0.2) is 11.6 Å². The second-order valence-corrected chi connectivity index (χ2v) is 10.8. The number of carbonyl (C=O) groups excluding carboxylic acids is 3. The van der Waals surface area contributed by atoms with E-state index in [1.165, 1.54) is 44.4 Å². The normalized spacial score (nSPS) is 22.3. The lowest BCUT2D eigenvalue weighted by Crippen LogP contribution is -2.49. The summed E-state index contributed by atoms with van der Waals surface area (Å²) in [5.74, 6) is 0.429. The van der Waals surface area contributed by atoms with E-state index in [1.54, 1.807) is 18.2 Å². The number of urea groups is 1. The highest BCUT2D eigenvalue weighted by atomic mass is 19.1. The Morgan fingerprint density at radius 3 is 2.27 bits per heavy atom. The van der Waals surface area contributed by atoms with Crippen molar-refractivity contribution < 1.29 is 18.8 Å². The zero-order chi connectivity index (χ0) is 26.4. The maximum absolute atomic E-state index is 13.3. The summed E-state index contributed by atoms with van der Waals surface area (Å²) in [5.41, 5.74) is 2.43. The van der Waals surface area contributed by atoms with Crippen molar-refractivity contribution in [1.29, 1.82) is 0 Å². The summed E-state index contributed by atoms with van der Waals surface area (Å²) in [4.78, 5) is 39.2. The Bertz CT molecular complexity index is 1090. The number of halogens is 1. The van der Waals surface area contributed by atoms with Crippen LogP contribution in [0.4, 0.5) is 14.9 Å². The molecule has 2 aromatic carbocycles. The van der Waals surface area contributed by atoms with Gasteiger partial charge in [-0.05, 0) is 100 Å². The molecule has 7 heteroatoms. The molecule has 1 heterocycles. The highest BCUT2D eigenvalue weighted by Crippen LogP contribution is 2.28. The maximum Gasteiger partial charge on any atom is 0.319 e. The van der Waals surface area contributed by atoms with Crippen LogP contribution in [0.1, 0.15) is 78.7 Å². The van der Waals surface area contributed by atoms with E-state index in [2.05, 4.69) is 15.5 Å². The van der Waals surface area contributed by atoms with Gasteiger partial charge < -0.3 is 15.5 Å². The number of Topliss-reactive ketones (excluding diaryl/α,β-unsaturated/α-hetero) is 2. The first-order chi connectivity index (χ1) is 17.8. The maximum atomic E-state index is 13.3. The molecule has 1 saturated heterocycles. The molecule has 1 aliphatic heterocycles. The van der Waals surface area contributed by atoms with Gasteiger partial charge in [-0.15, -0.1) is 0 Å². The quantitative estimate of drug-likeness (QED) is 0.438. The molecule has 1 aliphatic carbocycles. The molecule has 0 bridgehead atoms. The molecule has 2 aromatic rings. The Labute approximate surface area is 219 Å². The van der Waals surface area contributed by atoms with E-state index in [0.717, 1.165) is 51.7 Å². The SMILES string of the molecule is CC(=O)c1cc(NC(=O)N[C@@H]2CCCC[C@H]2CN2CCC[C@@H](Cc3ccc(F)cc3)C2)cc(C(C)=O)c1. The van der Waals surface area contributed by atoms with Gasteiger partial charge in [0.05, 0.1) is 0 Å². The van der Waals surface area contributed by atoms with Crippen LogP contribution in [0, 0.1) is 17.7 Å². The summed E-state index contributed by atoms with van der Waals surface area (Å²) in [6.07, 6.45) is 7.58.